The average Bonchev–Trinajstić information content (AvgIpc) is 3.07. The van der Waals surface area contributed by atoms with E-state index in [0.29, 0.717) is 12.5 Å². The van der Waals surface area contributed by atoms with Crippen LogP contribution in [0.1, 0.15) is 29.5 Å². The highest BCUT2D eigenvalue weighted by Crippen LogP contribution is 2.39. The van der Waals surface area contributed by atoms with Crippen molar-refractivity contribution in [1.29, 1.82) is 0 Å². The third kappa shape index (κ3) is 2.92. The molecule has 1 atom stereocenters. The van der Waals surface area contributed by atoms with Gasteiger partial charge in [0.25, 0.3) is 0 Å². The minimum atomic E-state index is -1.02. The van der Waals surface area contributed by atoms with Gasteiger partial charge in [0, 0.05) is 12.2 Å². The van der Waals surface area contributed by atoms with Gasteiger partial charge in [-0.2, -0.15) is 0 Å². The second-order valence-electron chi connectivity index (χ2n) is 6.25. The second kappa shape index (κ2) is 5.70. The summed E-state index contributed by atoms with van der Waals surface area (Å²) in [5.74, 6) is 0.785. The summed E-state index contributed by atoms with van der Waals surface area (Å²) in [4.78, 5) is 15.3. The van der Waals surface area contributed by atoms with Crippen LogP contribution in [0.5, 0.6) is 5.88 Å². The average molecular weight is 371 g/mol. The van der Waals surface area contributed by atoms with Crippen molar-refractivity contribution in [2.24, 2.45) is 5.92 Å². The molecule has 22 heavy (non-hydrogen) atoms. The molecule has 1 saturated carbocycles. The normalized spacial score (nSPS) is 21.3. The van der Waals surface area contributed by atoms with Crippen molar-refractivity contribution in [2.45, 2.75) is 38.1 Å². The van der Waals surface area contributed by atoms with Gasteiger partial charge >= 0.3 is 6.09 Å². The fraction of sp³-hybridized carbons (Fsp3) is 0.600. The molecule has 1 amide bonds. The van der Waals surface area contributed by atoms with Gasteiger partial charge in [0.1, 0.15) is 11.2 Å². The number of carbonyl (C=O) groups is 1. The standard InChI is InChI=1S/C15H19BrN2O4/c1-8-10-4-9(6-19)5-11(10)12(16)17-13(8)22-7-15(2-3-15)18-14(20)21/h9,18-19H,2-7H2,1H3,(H,20,21). The summed E-state index contributed by atoms with van der Waals surface area (Å²) in [7, 11) is 0. The molecule has 1 aromatic rings. The summed E-state index contributed by atoms with van der Waals surface area (Å²) in [6.45, 7) is 2.43. The van der Waals surface area contributed by atoms with E-state index in [-0.39, 0.29) is 12.5 Å². The number of carboxylic acid groups (broad SMARTS) is 1. The first-order valence-corrected chi connectivity index (χ1v) is 8.16. The second-order valence-corrected chi connectivity index (χ2v) is 7.00. The van der Waals surface area contributed by atoms with Crippen LogP contribution >= 0.6 is 15.9 Å². The molecule has 1 heterocycles. The zero-order valence-electron chi connectivity index (χ0n) is 12.4. The summed E-state index contributed by atoms with van der Waals surface area (Å²) in [6, 6.07) is 0. The quantitative estimate of drug-likeness (QED) is 0.689. The lowest BCUT2D eigenvalue weighted by molar-refractivity contribution is 0.176. The zero-order chi connectivity index (χ0) is 15.9. The molecule has 0 radical (unpaired) electrons. The summed E-state index contributed by atoms with van der Waals surface area (Å²) < 4.78 is 6.57. The number of amides is 1. The molecular formula is C15H19BrN2O4. The van der Waals surface area contributed by atoms with E-state index in [1.54, 1.807) is 0 Å². The van der Waals surface area contributed by atoms with Gasteiger partial charge in [-0.25, -0.2) is 9.78 Å². The van der Waals surface area contributed by atoms with Crippen LogP contribution < -0.4 is 10.1 Å². The van der Waals surface area contributed by atoms with Crippen LogP contribution in [0.3, 0.4) is 0 Å². The Hall–Kier alpha value is -1.34. The Balaban J connectivity index is 1.76. The van der Waals surface area contributed by atoms with E-state index >= 15 is 0 Å². The van der Waals surface area contributed by atoms with Gasteiger partial charge in [0.05, 0.1) is 5.54 Å². The lowest BCUT2D eigenvalue weighted by Gasteiger charge is -2.18. The minimum Gasteiger partial charge on any atom is -0.475 e. The molecule has 0 spiro atoms. The van der Waals surface area contributed by atoms with Gasteiger partial charge in [-0.1, -0.05) is 0 Å². The Labute approximate surface area is 137 Å². The number of aliphatic hydroxyl groups excluding tert-OH is 1. The first-order chi connectivity index (χ1) is 10.4. The predicted octanol–water partition coefficient (Wildman–Crippen LogP) is 2.04. The molecule has 120 valence electrons. The Morgan fingerprint density at radius 2 is 2.14 bits per heavy atom. The van der Waals surface area contributed by atoms with E-state index in [4.69, 9.17) is 9.84 Å². The largest absolute Gasteiger partial charge is 0.475 e. The van der Waals surface area contributed by atoms with E-state index in [1.165, 1.54) is 5.56 Å². The van der Waals surface area contributed by atoms with Crippen molar-refractivity contribution in [2.75, 3.05) is 13.2 Å². The van der Waals surface area contributed by atoms with Gasteiger partial charge in [0.2, 0.25) is 5.88 Å². The maximum absolute atomic E-state index is 10.8. The third-order valence-electron chi connectivity index (χ3n) is 4.54. The first kappa shape index (κ1) is 15.6. The molecule has 2 aliphatic rings. The molecule has 0 aromatic carbocycles. The van der Waals surface area contributed by atoms with Crippen molar-refractivity contribution in [3.8, 4) is 5.88 Å². The SMILES string of the molecule is Cc1c(OCC2(NC(=O)O)CC2)nc(Br)c2c1CC(CO)C2. The lowest BCUT2D eigenvalue weighted by atomic mass is 10.1. The number of rotatable bonds is 5. The van der Waals surface area contributed by atoms with Crippen molar-refractivity contribution in [1.82, 2.24) is 10.3 Å². The van der Waals surface area contributed by atoms with Crippen LogP contribution in [0.2, 0.25) is 0 Å². The van der Waals surface area contributed by atoms with Crippen LogP contribution in [0, 0.1) is 12.8 Å². The number of pyridine rings is 1. The molecule has 0 saturated heterocycles. The molecule has 1 aromatic heterocycles. The van der Waals surface area contributed by atoms with Crippen LogP contribution in [0.4, 0.5) is 4.79 Å². The smallest absolute Gasteiger partial charge is 0.405 e. The zero-order valence-corrected chi connectivity index (χ0v) is 13.9. The highest BCUT2D eigenvalue weighted by molar-refractivity contribution is 9.10. The van der Waals surface area contributed by atoms with E-state index in [1.807, 2.05) is 6.92 Å². The number of nitrogens with one attached hydrogen (secondary N) is 1. The first-order valence-electron chi connectivity index (χ1n) is 7.37. The summed E-state index contributed by atoms with van der Waals surface area (Å²) in [5.41, 5.74) is 2.86. The van der Waals surface area contributed by atoms with E-state index in [9.17, 15) is 9.90 Å². The number of aromatic nitrogens is 1. The molecule has 0 aliphatic heterocycles. The molecule has 3 N–H and O–H groups in total. The Morgan fingerprint density at radius 1 is 1.45 bits per heavy atom. The minimum absolute atomic E-state index is 0.169. The predicted molar refractivity (Wildman–Crippen MR) is 83.3 cm³/mol. The monoisotopic (exact) mass is 370 g/mol. The number of hydrogen-bond acceptors (Lipinski definition) is 4. The highest BCUT2D eigenvalue weighted by Gasteiger charge is 2.45. The number of halogens is 1. The van der Waals surface area contributed by atoms with Gasteiger partial charge in [-0.05, 0) is 65.6 Å². The van der Waals surface area contributed by atoms with Crippen molar-refractivity contribution < 1.29 is 19.7 Å². The number of fused-ring (bicyclic) bond motifs is 1. The number of aliphatic hydroxyl groups is 1. The molecule has 3 rings (SSSR count). The fourth-order valence-electron chi connectivity index (χ4n) is 3.01. The van der Waals surface area contributed by atoms with Crippen molar-refractivity contribution >= 4 is 22.0 Å². The van der Waals surface area contributed by atoms with E-state index in [2.05, 4.69) is 26.2 Å². The topological polar surface area (TPSA) is 91.7 Å². The molecule has 0 bridgehead atoms. The summed E-state index contributed by atoms with van der Waals surface area (Å²) >= 11 is 3.48. The van der Waals surface area contributed by atoms with E-state index in [0.717, 1.165) is 41.4 Å². The maximum atomic E-state index is 10.8. The highest BCUT2D eigenvalue weighted by atomic mass is 79.9. The maximum Gasteiger partial charge on any atom is 0.405 e. The Morgan fingerprint density at radius 3 is 2.73 bits per heavy atom. The van der Waals surface area contributed by atoms with Crippen LogP contribution in [0.15, 0.2) is 4.60 Å². The Bertz CT molecular complexity index is 616. The third-order valence-corrected chi connectivity index (χ3v) is 5.20. The molecule has 1 fully saturated rings. The summed E-state index contributed by atoms with van der Waals surface area (Å²) in [6.07, 6.45) is 2.21. The van der Waals surface area contributed by atoms with Gasteiger partial charge in [0.15, 0.2) is 0 Å². The summed E-state index contributed by atoms with van der Waals surface area (Å²) in [5, 5.41) is 20.7. The molecule has 6 nitrogen and oxygen atoms in total. The van der Waals surface area contributed by atoms with Crippen LogP contribution in [0.25, 0.3) is 0 Å². The van der Waals surface area contributed by atoms with Crippen LogP contribution in [-0.2, 0) is 12.8 Å². The Kier molecular flexibility index (Phi) is 4.03. The number of nitrogens with zero attached hydrogens (tertiary/aromatic N) is 1. The molecular weight excluding hydrogens is 352 g/mol. The fourth-order valence-corrected chi connectivity index (χ4v) is 3.58. The molecule has 1 unspecified atom stereocenters. The number of ether oxygens (including phenoxy) is 1. The van der Waals surface area contributed by atoms with Crippen molar-refractivity contribution in [3.63, 3.8) is 0 Å². The molecule has 2 aliphatic carbocycles. The van der Waals surface area contributed by atoms with Gasteiger partial charge < -0.3 is 20.3 Å². The molecule has 7 heteroatoms. The van der Waals surface area contributed by atoms with Gasteiger partial charge in [-0.15, -0.1) is 0 Å². The van der Waals surface area contributed by atoms with E-state index < -0.39 is 11.6 Å². The van der Waals surface area contributed by atoms with Crippen molar-refractivity contribution in [3.05, 3.63) is 21.3 Å². The van der Waals surface area contributed by atoms with Gasteiger partial charge in [-0.3, -0.25) is 0 Å². The van der Waals surface area contributed by atoms with Crippen LogP contribution in [-0.4, -0.2) is 40.0 Å². The lowest BCUT2D eigenvalue weighted by Crippen LogP contribution is -2.40. The number of hydrogen-bond donors (Lipinski definition) is 3.